The molecule has 0 saturated heterocycles. The Morgan fingerprint density at radius 3 is 2.27 bits per heavy atom. The molecule has 8 heteroatoms. The van der Waals surface area contributed by atoms with E-state index in [1.165, 1.54) is 0 Å². The minimum Gasteiger partial charge on any atom is -0.348 e. The van der Waals surface area contributed by atoms with Crippen molar-refractivity contribution in [2.75, 3.05) is 22.4 Å². The summed E-state index contributed by atoms with van der Waals surface area (Å²) in [5, 5.41) is 5.69. The van der Waals surface area contributed by atoms with Gasteiger partial charge < -0.3 is 10.6 Å². The average Bonchev–Trinajstić information content (AvgIpc) is 2.78. The Morgan fingerprint density at radius 2 is 1.61 bits per heavy atom. The number of anilines is 2. The fraction of sp³-hybridized carbons (Fsp3) is 0.200. The summed E-state index contributed by atoms with van der Waals surface area (Å²) in [6.45, 7) is 3.26. The molecule has 1 unspecified atom stereocenters. The third kappa shape index (κ3) is 6.43. The van der Waals surface area contributed by atoms with Gasteiger partial charge in [-0.05, 0) is 55.3 Å². The number of rotatable bonds is 8. The first kappa shape index (κ1) is 24.0. The van der Waals surface area contributed by atoms with Crippen molar-refractivity contribution in [3.05, 3.63) is 95.6 Å². The fourth-order valence-electron chi connectivity index (χ4n) is 3.40. The summed E-state index contributed by atoms with van der Waals surface area (Å²) in [7, 11) is -3.66. The van der Waals surface area contributed by atoms with Crippen LogP contribution in [0, 0.1) is 6.92 Å². The summed E-state index contributed by atoms with van der Waals surface area (Å²) in [4.78, 5) is 25.1. The smallest absolute Gasteiger partial charge is 0.255 e. The molecule has 0 fully saturated rings. The van der Waals surface area contributed by atoms with Crippen molar-refractivity contribution in [2.24, 2.45) is 0 Å². The second-order valence-corrected chi connectivity index (χ2v) is 9.70. The van der Waals surface area contributed by atoms with Gasteiger partial charge in [0, 0.05) is 11.3 Å². The summed E-state index contributed by atoms with van der Waals surface area (Å²) in [5.41, 5.74) is 3.14. The predicted molar refractivity (Wildman–Crippen MR) is 131 cm³/mol. The van der Waals surface area contributed by atoms with Crippen molar-refractivity contribution in [2.45, 2.75) is 19.9 Å². The molecule has 7 nitrogen and oxygen atoms in total. The number of carbonyl (C=O) groups is 2. The molecule has 0 radical (unpaired) electrons. The maximum atomic E-state index is 12.7. The van der Waals surface area contributed by atoms with Gasteiger partial charge in [-0.3, -0.25) is 13.9 Å². The summed E-state index contributed by atoms with van der Waals surface area (Å²) < 4.78 is 25.8. The van der Waals surface area contributed by atoms with Crippen LogP contribution in [0.2, 0.25) is 0 Å². The molecule has 3 aromatic carbocycles. The molecule has 0 aliphatic heterocycles. The molecule has 0 spiro atoms. The highest BCUT2D eigenvalue weighted by molar-refractivity contribution is 7.92. The minimum atomic E-state index is -3.66. The molecule has 0 saturated carbocycles. The van der Waals surface area contributed by atoms with E-state index in [-0.39, 0.29) is 12.5 Å². The minimum absolute atomic E-state index is 0.230. The molecule has 3 aromatic rings. The molecule has 3 rings (SSSR count). The van der Waals surface area contributed by atoms with Gasteiger partial charge >= 0.3 is 0 Å². The van der Waals surface area contributed by atoms with Gasteiger partial charge in [0.25, 0.3) is 5.91 Å². The monoisotopic (exact) mass is 465 g/mol. The van der Waals surface area contributed by atoms with Crippen molar-refractivity contribution >= 4 is 33.2 Å². The summed E-state index contributed by atoms with van der Waals surface area (Å²) in [5.74, 6) is -0.665. The van der Waals surface area contributed by atoms with E-state index in [0.717, 1.165) is 21.7 Å². The van der Waals surface area contributed by atoms with Crippen LogP contribution < -0.4 is 14.9 Å². The van der Waals surface area contributed by atoms with E-state index in [4.69, 9.17) is 0 Å². The number of benzene rings is 3. The van der Waals surface area contributed by atoms with Crippen molar-refractivity contribution in [3.8, 4) is 0 Å². The van der Waals surface area contributed by atoms with Crippen LogP contribution in [-0.2, 0) is 14.8 Å². The number of nitrogens with one attached hydrogen (secondary N) is 2. The Kier molecular flexibility index (Phi) is 7.50. The van der Waals surface area contributed by atoms with Crippen LogP contribution in [0.4, 0.5) is 11.4 Å². The van der Waals surface area contributed by atoms with Gasteiger partial charge in [-0.1, -0.05) is 48.5 Å². The first-order valence-electron chi connectivity index (χ1n) is 10.4. The van der Waals surface area contributed by atoms with Crippen LogP contribution in [0.5, 0.6) is 0 Å². The zero-order chi connectivity index (χ0) is 24.0. The fourth-order valence-corrected chi connectivity index (χ4v) is 4.32. The molecular weight excluding hydrogens is 438 g/mol. The van der Waals surface area contributed by atoms with E-state index in [0.29, 0.717) is 16.9 Å². The van der Waals surface area contributed by atoms with E-state index in [9.17, 15) is 18.0 Å². The maximum Gasteiger partial charge on any atom is 0.255 e. The Bertz CT molecular complexity index is 1240. The van der Waals surface area contributed by atoms with E-state index < -0.39 is 22.0 Å². The van der Waals surface area contributed by atoms with Crippen molar-refractivity contribution in [3.63, 3.8) is 0 Å². The molecule has 172 valence electrons. The molecule has 1 atom stereocenters. The van der Waals surface area contributed by atoms with Crippen LogP contribution in [0.3, 0.4) is 0 Å². The molecule has 33 heavy (non-hydrogen) atoms. The molecular formula is C25H27N3O4S. The molecule has 2 N–H and O–H groups in total. The SMILES string of the molecule is Cc1ccccc1N(CC(=O)NC(C)c1cccc(NC(=O)c2ccccc2)c1)S(C)(=O)=O. The largest absolute Gasteiger partial charge is 0.348 e. The lowest BCUT2D eigenvalue weighted by Gasteiger charge is -2.24. The highest BCUT2D eigenvalue weighted by atomic mass is 32.2. The van der Waals surface area contributed by atoms with Gasteiger partial charge in [0.2, 0.25) is 15.9 Å². The Morgan fingerprint density at radius 1 is 0.939 bits per heavy atom. The summed E-state index contributed by atoms with van der Waals surface area (Å²) in [6, 6.07) is 22.6. The van der Waals surface area contributed by atoms with Gasteiger partial charge in [0.05, 0.1) is 18.0 Å². The number of para-hydroxylation sites is 1. The van der Waals surface area contributed by atoms with Gasteiger partial charge in [-0.25, -0.2) is 8.42 Å². The third-order valence-corrected chi connectivity index (χ3v) is 6.26. The van der Waals surface area contributed by atoms with Gasteiger partial charge in [-0.2, -0.15) is 0 Å². The predicted octanol–water partition coefficient (Wildman–Crippen LogP) is 3.89. The van der Waals surface area contributed by atoms with Crippen LogP contribution >= 0.6 is 0 Å². The van der Waals surface area contributed by atoms with Gasteiger partial charge in [0.1, 0.15) is 6.54 Å². The standard InChI is InChI=1S/C25H27N3O4S/c1-18-10-7-8-15-23(18)28(33(3,31)32)17-24(29)26-19(2)21-13-9-14-22(16-21)27-25(30)20-11-5-4-6-12-20/h4-16,19H,17H2,1-3H3,(H,26,29)(H,27,30). The molecule has 0 aliphatic rings. The first-order chi connectivity index (χ1) is 15.6. The Labute approximate surface area is 194 Å². The number of sulfonamides is 1. The average molecular weight is 466 g/mol. The second-order valence-electron chi connectivity index (χ2n) is 7.79. The second kappa shape index (κ2) is 10.3. The van der Waals surface area contributed by atoms with Crippen LogP contribution in [0.1, 0.15) is 34.5 Å². The zero-order valence-corrected chi connectivity index (χ0v) is 19.6. The van der Waals surface area contributed by atoms with E-state index >= 15 is 0 Å². The van der Waals surface area contributed by atoms with E-state index in [1.807, 2.05) is 18.2 Å². The number of carbonyl (C=O) groups excluding carboxylic acids is 2. The first-order valence-corrected chi connectivity index (χ1v) is 12.3. The Balaban J connectivity index is 1.70. The lowest BCUT2D eigenvalue weighted by Crippen LogP contribution is -2.41. The van der Waals surface area contributed by atoms with Crippen molar-refractivity contribution < 1.29 is 18.0 Å². The summed E-state index contributed by atoms with van der Waals surface area (Å²) in [6.07, 6.45) is 1.08. The Hall–Kier alpha value is -3.65. The van der Waals surface area contributed by atoms with Gasteiger partial charge in [-0.15, -0.1) is 0 Å². The number of aryl methyl sites for hydroxylation is 1. The molecule has 0 aromatic heterocycles. The highest BCUT2D eigenvalue weighted by Gasteiger charge is 2.23. The number of amides is 2. The van der Waals surface area contributed by atoms with Crippen molar-refractivity contribution in [1.82, 2.24) is 5.32 Å². The normalized spacial score (nSPS) is 12.0. The zero-order valence-electron chi connectivity index (χ0n) is 18.8. The summed E-state index contributed by atoms with van der Waals surface area (Å²) >= 11 is 0. The maximum absolute atomic E-state index is 12.7. The molecule has 2 amide bonds. The number of nitrogens with zero attached hydrogens (tertiary/aromatic N) is 1. The quantitative estimate of drug-likeness (QED) is 0.528. The third-order valence-electron chi connectivity index (χ3n) is 5.13. The lowest BCUT2D eigenvalue weighted by atomic mass is 10.1. The molecule has 0 bridgehead atoms. The van der Waals surface area contributed by atoms with E-state index in [2.05, 4.69) is 10.6 Å². The molecule has 0 aliphatic carbocycles. The topological polar surface area (TPSA) is 95.6 Å². The lowest BCUT2D eigenvalue weighted by molar-refractivity contribution is -0.120. The molecule has 0 heterocycles. The highest BCUT2D eigenvalue weighted by Crippen LogP contribution is 2.22. The van der Waals surface area contributed by atoms with E-state index in [1.54, 1.807) is 74.5 Å². The van der Waals surface area contributed by atoms with Crippen LogP contribution in [-0.4, -0.2) is 33.0 Å². The number of hydrogen-bond acceptors (Lipinski definition) is 4. The van der Waals surface area contributed by atoms with Crippen molar-refractivity contribution in [1.29, 1.82) is 0 Å². The van der Waals surface area contributed by atoms with Crippen LogP contribution in [0.25, 0.3) is 0 Å². The van der Waals surface area contributed by atoms with Gasteiger partial charge in [0.15, 0.2) is 0 Å². The van der Waals surface area contributed by atoms with Crippen LogP contribution in [0.15, 0.2) is 78.9 Å². The number of hydrogen-bond donors (Lipinski definition) is 2.